The zero-order chi connectivity index (χ0) is 21.3. The molecule has 0 amide bonds. The van der Waals surface area contributed by atoms with Crippen LogP contribution in [0.4, 0.5) is 5.69 Å². The van der Waals surface area contributed by atoms with Crippen molar-refractivity contribution >= 4 is 33.9 Å². The molecule has 0 saturated heterocycles. The molecule has 6 nitrogen and oxygen atoms in total. The van der Waals surface area contributed by atoms with E-state index in [1.807, 2.05) is 42.5 Å². The van der Waals surface area contributed by atoms with Gasteiger partial charge < -0.3 is 24.8 Å². The summed E-state index contributed by atoms with van der Waals surface area (Å²) in [5.41, 5.74) is 2.37. The molecule has 2 heterocycles. The van der Waals surface area contributed by atoms with E-state index in [-0.39, 0.29) is 11.6 Å². The fourth-order valence-corrected chi connectivity index (χ4v) is 4.08. The zero-order valence-corrected chi connectivity index (χ0v) is 18.3. The molecule has 156 valence electrons. The minimum atomic E-state index is -0.314. The van der Waals surface area contributed by atoms with Crippen molar-refractivity contribution in [2.45, 2.75) is 31.9 Å². The number of methoxy groups -OCH3 is 2. The van der Waals surface area contributed by atoms with Crippen molar-refractivity contribution in [1.82, 2.24) is 10.3 Å². The first-order valence-electron chi connectivity index (χ1n) is 9.76. The van der Waals surface area contributed by atoms with Crippen LogP contribution >= 0.6 is 12.2 Å². The number of hydrogen-bond donors (Lipinski definition) is 2. The van der Waals surface area contributed by atoms with Crippen molar-refractivity contribution in [3.05, 3.63) is 54.2 Å². The van der Waals surface area contributed by atoms with Crippen molar-refractivity contribution in [1.29, 1.82) is 0 Å². The zero-order valence-electron chi connectivity index (χ0n) is 17.5. The molecule has 4 rings (SSSR count). The van der Waals surface area contributed by atoms with E-state index in [1.54, 1.807) is 20.4 Å². The van der Waals surface area contributed by atoms with Gasteiger partial charge in [-0.3, -0.25) is 4.98 Å². The second-order valence-electron chi connectivity index (χ2n) is 7.84. The minimum absolute atomic E-state index is 0.0125. The summed E-state index contributed by atoms with van der Waals surface area (Å²) in [6, 6.07) is 13.6. The SMILES string of the molecule is COc1ccc2c(c1)[C@@H](NC(=S)Nc1ccc(OC)c3ncccc13)CC(C)(C)O2. The second kappa shape index (κ2) is 7.99. The molecule has 1 aliphatic heterocycles. The van der Waals surface area contributed by atoms with Gasteiger partial charge in [0, 0.05) is 29.3 Å². The molecule has 0 bridgehead atoms. The van der Waals surface area contributed by atoms with Gasteiger partial charge in [-0.25, -0.2) is 0 Å². The number of thiocarbonyl (C=S) groups is 1. The van der Waals surface area contributed by atoms with E-state index in [9.17, 15) is 0 Å². The maximum Gasteiger partial charge on any atom is 0.171 e. The molecule has 1 atom stereocenters. The smallest absolute Gasteiger partial charge is 0.171 e. The summed E-state index contributed by atoms with van der Waals surface area (Å²) in [6.07, 6.45) is 2.51. The lowest BCUT2D eigenvalue weighted by Crippen LogP contribution is -2.42. The number of ether oxygens (including phenoxy) is 3. The van der Waals surface area contributed by atoms with Gasteiger partial charge in [-0.2, -0.15) is 0 Å². The van der Waals surface area contributed by atoms with Crippen molar-refractivity contribution in [3.8, 4) is 17.2 Å². The number of nitrogens with zero attached hydrogens (tertiary/aromatic N) is 1. The molecule has 2 aromatic carbocycles. The van der Waals surface area contributed by atoms with Crippen LogP contribution in [0.2, 0.25) is 0 Å². The Bertz CT molecular complexity index is 1100. The van der Waals surface area contributed by atoms with Crippen LogP contribution in [0.15, 0.2) is 48.7 Å². The number of rotatable bonds is 4. The lowest BCUT2D eigenvalue weighted by molar-refractivity contribution is 0.0695. The number of hydrogen-bond acceptors (Lipinski definition) is 5. The summed E-state index contributed by atoms with van der Waals surface area (Å²) in [7, 11) is 3.30. The Morgan fingerprint density at radius 1 is 1.17 bits per heavy atom. The number of benzene rings is 2. The van der Waals surface area contributed by atoms with Crippen LogP contribution in [-0.2, 0) is 0 Å². The van der Waals surface area contributed by atoms with Gasteiger partial charge in [0.1, 0.15) is 28.4 Å². The van der Waals surface area contributed by atoms with Crippen LogP contribution in [0, 0.1) is 0 Å². The monoisotopic (exact) mass is 423 g/mol. The highest BCUT2D eigenvalue weighted by Gasteiger charge is 2.34. The predicted molar refractivity (Wildman–Crippen MR) is 123 cm³/mol. The Morgan fingerprint density at radius 2 is 2.00 bits per heavy atom. The lowest BCUT2D eigenvalue weighted by Gasteiger charge is -2.38. The predicted octanol–water partition coefficient (Wildman–Crippen LogP) is 4.84. The van der Waals surface area contributed by atoms with Crippen LogP contribution < -0.4 is 24.8 Å². The molecule has 1 aliphatic rings. The molecule has 0 spiro atoms. The summed E-state index contributed by atoms with van der Waals surface area (Å²) >= 11 is 5.66. The number of nitrogens with one attached hydrogen (secondary N) is 2. The highest BCUT2D eigenvalue weighted by molar-refractivity contribution is 7.80. The number of aromatic nitrogens is 1. The fourth-order valence-electron chi connectivity index (χ4n) is 3.83. The number of fused-ring (bicyclic) bond motifs is 2. The minimum Gasteiger partial charge on any atom is -0.497 e. The van der Waals surface area contributed by atoms with Gasteiger partial charge in [-0.15, -0.1) is 0 Å². The third-order valence-corrected chi connectivity index (χ3v) is 5.40. The Hall–Kier alpha value is -3.06. The highest BCUT2D eigenvalue weighted by Crippen LogP contribution is 2.41. The van der Waals surface area contributed by atoms with E-state index in [0.717, 1.165) is 45.8 Å². The summed E-state index contributed by atoms with van der Waals surface area (Å²) in [5, 5.41) is 8.25. The van der Waals surface area contributed by atoms with E-state index in [2.05, 4.69) is 29.5 Å². The molecule has 0 aliphatic carbocycles. The Balaban J connectivity index is 1.60. The molecule has 3 aromatic rings. The van der Waals surface area contributed by atoms with Gasteiger partial charge in [0.25, 0.3) is 0 Å². The van der Waals surface area contributed by atoms with Gasteiger partial charge in [0.2, 0.25) is 0 Å². The molecule has 0 saturated carbocycles. The van der Waals surface area contributed by atoms with Gasteiger partial charge in [0.15, 0.2) is 5.11 Å². The Morgan fingerprint density at radius 3 is 2.77 bits per heavy atom. The number of anilines is 1. The summed E-state index contributed by atoms with van der Waals surface area (Å²) in [5.74, 6) is 2.35. The third-order valence-electron chi connectivity index (χ3n) is 5.18. The summed E-state index contributed by atoms with van der Waals surface area (Å²) in [4.78, 5) is 4.44. The maximum atomic E-state index is 6.15. The van der Waals surface area contributed by atoms with Crippen molar-refractivity contribution < 1.29 is 14.2 Å². The first-order valence-corrected chi connectivity index (χ1v) is 10.2. The van der Waals surface area contributed by atoms with Crippen LogP contribution in [0.25, 0.3) is 10.9 Å². The van der Waals surface area contributed by atoms with Crippen LogP contribution in [0.3, 0.4) is 0 Å². The van der Waals surface area contributed by atoms with E-state index in [4.69, 9.17) is 26.4 Å². The topological polar surface area (TPSA) is 64.6 Å². The molecule has 0 radical (unpaired) electrons. The quantitative estimate of drug-likeness (QED) is 0.582. The van der Waals surface area contributed by atoms with Gasteiger partial charge >= 0.3 is 0 Å². The first kappa shape index (κ1) is 20.2. The molecule has 7 heteroatoms. The molecule has 1 aromatic heterocycles. The van der Waals surface area contributed by atoms with E-state index >= 15 is 0 Å². The third kappa shape index (κ3) is 3.98. The average molecular weight is 424 g/mol. The maximum absolute atomic E-state index is 6.15. The largest absolute Gasteiger partial charge is 0.497 e. The first-order chi connectivity index (χ1) is 14.4. The van der Waals surface area contributed by atoms with Gasteiger partial charge in [-0.1, -0.05) is 0 Å². The molecule has 30 heavy (non-hydrogen) atoms. The molecular weight excluding hydrogens is 398 g/mol. The standard InChI is InChI=1S/C23H25N3O3S/c1-23(2)13-18(16-12-14(27-3)7-9-19(16)29-23)26-22(30)25-17-8-10-20(28-4)21-15(17)6-5-11-24-21/h5-12,18H,13H2,1-4H3,(H2,25,26,30)/t18-/m0/s1. The molecule has 2 N–H and O–H groups in total. The second-order valence-corrected chi connectivity index (χ2v) is 8.24. The van der Waals surface area contributed by atoms with Crippen LogP contribution in [0.1, 0.15) is 31.9 Å². The van der Waals surface area contributed by atoms with Crippen molar-refractivity contribution in [3.63, 3.8) is 0 Å². The van der Waals surface area contributed by atoms with E-state index in [0.29, 0.717) is 5.11 Å². The molecular formula is C23H25N3O3S. The fraction of sp³-hybridized carbons (Fsp3) is 0.304. The van der Waals surface area contributed by atoms with Crippen LogP contribution in [-0.4, -0.2) is 29.9 Å². The van der Waals surface area contributed by atoms with E-state index < -0.39 is 0 Å². The summed E-state index contributed by atoms with van der Waals surface area (Å²) in [6.45, 7) is 4.15. The normalized spacial score (nSPS) is 16.9. The van der Waals surface area contributed by atoms with Gasteiger partial charge in [0.05, 0.1) is 20.3 Å². The molecule has 0 unspecified atom stereocenters. The molecule has 0 fully saturated rings. The Labute approximate surface area is 181 Å². The average Bonchev–Trinajstić information content (AvgIpc) is 2.73. The lowest BCUT2D eigenvalue weighted by atomic mass is 9.89. The number of pyridine rings is 1. The highest BCUT2D eigenvalue weighted by atomic mass is 32.1. The summed E-state index contributed by atoms with van der Waals surface area (Å²) < 4.78 is 17.0. The van der Waals surface area contributed by atoms with E-state index in [1.165, 1.54) is 0 Å². The van der Waals surface area contributed by atoms with Crippen LogP contribution in [0.5, 0.6) is 17.2 Å². The van der Waals surface area contributed by atoms with Gasteiger partial charge in [-0.05, 0) is 68.5 Å². The Kier molecular flexibility index (Phi) is 5.39. The van der Waals surface area contributed by atoms with Crippen molar-refractivity contribution in [2.24, 2.45) is 0 Å². The van der Waals surface area contributed by atoms with Crippen molar-refractivity contribution in [2.75, 3.05) is 19.5 Å².